The predicted molar refractivity (Wildman–Crippen MR) is 55.9 cm³/mol. The zero-order chi connectivity index (χ0) is 12.1. The number of ether oxygens (including phenoxy) is 1. The molecule has 1 rings (SSSR count). The van der Waals surface area contributed by atoms with Crippen LogP contribution in [0, 0.1) is 6.92 Å². The van der Waals surface area contributed by atoms with E-state index in [-0.39, 0.29) is 18.4 Å². The van der Waals surface area contributed by atoms with Crippen molar-refractivity contribution in [3.63, 3.8) is 0 Å². The van der Waals surface area contributed by atoms with Crippen molar-refractivity contribution in [3.8, 4) is 6.01 Å². The minimum absolute atomic E-state index is 0.0627. The smallest absolute Gasteiger partial charge is 0.321 e. The maximum Gasteiger partial charge on any atom is 0.321 e. The fraction of sp³-hybridized carbons (Fsp3) is 0.556. The molecule has 0 saturated carbocycles. The van der Waals surface area contributed by atoms with E-state index < -0.39 is 12.1 Å². The van der Waals surface area contributed by atoms with Crippen LogP contribution in [0.4, 0.5) is 5.95 Å². The van der Waals surface area contributed by atoms with Crippen LogP contribution >= 0.6 is 0 Å². The average Bonchev–Trinajstić information content (AvgIpc) is 2.14. The van der Waals surface area contributed by atoms with Gasteiger partial charge in [-0.05, 0) is 13.3 Å². The number of aryl methyl sites for hydroxylation is 1. The number of nitrogens with zero attached hydrogens (tertiary/aromatic N) is 3. The zero-order valence-electron chi connectivity index (χ0n) is 9.17. The first kappa shape index (κ1) is 12.2. The maximum atomic E-state index is 10.5. The molecule has 88 valence electrons. The third kappa shape index (κ3) is 3.68. The van der Waals surface area contributed by atoms with Crippen LogP contribution in [0.15, 0.2) is 0 Å². The maximum absolute atomic E-state index is 10.5. The lowest BCUT2D eigenvalue weighted by atomic mass is 10.2. The number of aromatic nitrogens is 3. The Morgan fingerprint density at radius 1 is 1.50 bits per heavy atom. The molecule has 0 aliphatic rings. The second kappa shape index (κ2) is 5.24. The van der Waals surface area contributed by atoms with Gasteiger partial charge in [0.25, 0.3) is 0 Å². The van der Waals surface area contributed by atoms with Crippen molar-refractivity contribution in [1.29, 1.82) is 0 Å². The Morgan fingerprint density at radius 3 is 2.69 bits per heavy atom. The normalized spacial score (nSPS) is 12.1. The summed E-state index contributed by atoms with van der Waals surface area (Å²) in [5, 5.41) is 8.64. The van der Waals surface area contributed by atoms with Gasteiger partial charge in [0.2, 0.25) is 5.95 Å². The largest absolute Gasteiger partial charge is 0.481 e. The molecule has 3 N–H and O–H groups in total. The topological polar surface area (TPSA) is 111 Å². The Morgan fingerprint density at radius 2 is 2.19 bits per heavy atom. The monoisotopic (exact) mass is 226 g/mol. The van der Waals surface area contributed by atoms with Crippen LogP contribution in [0.2, 0.25) is 0 Å². The number of hydrogen-bond acceptors (Lipinski definition) is 6. The number of carboxylic acids is 1. The van der Waals surface area contributed by atoms with Gasteiger partial charge >= 0.3 is 12.0 Å². The van der Waals surface area contributed by atoms with Gasteiger partial charge in [0.15, 0.2) is 0 Å². The first-order valence-corrected chi connectivity index (χ1v) is 4.88. The molecular formula is C9H14N4O3. The van der Waals surface area contributed by atoms with Crippen LogP contribution in [0.3, 0.4) is 0 Å². The molecule has 16 heavy (non-hydrogen) atoms. The van der Waals surface area contributed by atoms with Crippen molar-refractivity contribution in [3.05, 3.63) is 5.82 Å². The van der Waals surface area contributed by atoms with E-state index in [0.29, 0.717) is 12.2 Å². The van der Waals surface area contributed by atoms with Crippen LogP contribution in [-0.4, -0.2) is 32.1 Å². The predicted octanol–water partition coefficient (Wildman–Crippen LogP) is 0.394. The van der Waals surface area contributed by atoms with Gasteiger partial charge < -0.3 is 15.6 Å². The molecule has 0 saturated heterocycles. The van der Waals surface area contributed by atoms with Crippen molar-refractivity contribution in [2.75, 3.05) is 5.73 Å². The third-order valence-electron chi connectivity index (χ3n) is 1.87. The quantitative estimate of drug-likeness (QED) is 0.747. The van der Waals surface area contributed by atoms with Crippen molar-refractivity contribution in [1.82, 2.24) is 15.0 Å². The van der Waals surface area contributed by atoms with Crippen molar-refractivity contribution >= 4 is 11.9 Å². The molecule has 0 radical (unpaired) electrons. The van der Waals surface area contributed by atoms with E-state index >= 15 is 0 Å². The van der Waals surface area contributed by atoms with E-state index in [1.54, 1.807) is 6.92 Å². The van der Waals surface area contributed by atoms with Crippen LogP contribution in [0.5, 0.6) is 6.01 Å². The lowest BCUT2D eigenvalue weighted by molar-refractivity contribution is -0.138. The van der Waals surface area contributed by atoms with E-state index in [4.69, 9.17) is 15.6 Å². The molecule has 0 aromatic carbocycles. The van der Waals surface area contributed by atoms with Gasteiger partial charge in [-0.1, -0.05) is 6.92 Å². The highest BCUT2D eigenvalue weighted by atomic mass is 16.5. The lowest BCUT2D eigenvalue weighted by Crippen LogP contribution is -2.21. The Kier molecular flexibility index (Phi) is 3.98. The van der Waals surface area contributed by atoms with E-state index in [9.17, 15) is 4.79 Å². The number of nitrogen functional groups attached to an aromatic ring is 1. The molecular weight excluding hydrogens is 212 g/mol. The number of anilines is 1. The van der Waals surface area contributed by atoms with Gasteiger partial charge in [0, 0.05) is 0 Å². The van der Waals surface area contributed by atoms with Crippen molar-refractivity contribution in [2.45, 2.75) is 32.8 Å². The number of hydrogen-bond donors (Lipinski definition) is 2. The SMILES string of the molecule is CCC(CC(=O)O)Oc1nc(C)nc(N)n1. The molecule has 0 aliphatic carbocycles. The summed E-state index contributed by atoms with van der Waals surface area (Å²) in [6.07, 6.45) is -0.00312. The Balaban J connectivity index is 2.73. The van der Waals surface area contributed by atoms with Gasteiger partial charge in [-0.25, -0.2) is 0 Å². The van der Waals surface area contributed by atoms with Gasteiger partial charge in [0.1, 0.15) is 11.9 Å². The lowest BCUT2D eigenvalue weighted by Gasteiger charge is -2.13. The first-order chi connectivity index (χ1) is 7.51. The summed E-state index contributed by atoms with van der Waals surface area (Å²) < 4.78 is 5.31. The van der Waals surface area contributed by atoms with E-state index in [1.165, 1.54) is 0 Å². The molecule has 1 aromatic rings. The number of carboxylic acid groups (broad SMARTS) is 1. The molecule has 1 aromatic heterocycles. The fourth-order valence-corrected chi connectivity index (χ4v) is 1.14. The Hall–Kier alpha value is -1.92. The molecule has 7 nitrogen and oxygen atoms in total. The summed E-state index contributed by atoms with van der Waals surface area (Å²) in [7, 11) is 0. The Labute approximate surface area is 92.7 Å². The van der Waals surface area contributed by atoms with E-state index in [0.717, 1.165) is 0 Å². The summed E-state index contributed by atoms with van der Waals surface area (Å²) >= 11 is 0. The minimum Gasteiger partial charge on any atom is -0.481 e. The van der Waals surface area contributed by atoms with Crippen LogP contribution < -0.4 is 10.5 Å². The number of aliphatic carboxylic acids is 1. The Bertz CT molecular complexity index is 363. The van der Waals surface area contributed by atoms with Crippen LogP contribution in [-0.2, 0) is 4.79 Å². The summed E-state index contributed by atoms with van der Waals surface area (Å²) in [4.78, 5) is 22.0. The molecule has 1 unspecified atom stereocenters. The number of carbonyl (C=O) groups is 1. The molecule has 0 fully saturated rings. The number of nitrogens with two attached hydrogens (primary N) is 1. The number of rotatable bonds is 5. The van der Waals surface area contributed by atoms with Gasteiger partial charge in [0.05, 0.1) is 6.42 Å². The van der Waals surface area contributed by atoms with Crippen molar-refractivity contribution in [2.24, 2.45) is 0 Å². The molecule has 1 heterocycles. The second-order valence-corrected chi connectivity index (χ2v) is 3.27. The molecule has 7 heteroatoms. The molecule has 1 atom stereocenters. The summed E-state index contributed by atoms with van der Waals surface area (Å²) in [5.41, 5.74) is 5.42. The highest BCUT2D eigenvalue weighted by Crippen LogP contribution is 2.10. The highest BCUT2D eigenvalue weighted by Gasteiger charge is 2.14. The molecule has 0 aliphatic heterocycles. The highest BCUT2D eigenvalue weighted by molar-refractivity contribution is 5.67. The van der Waals surface area contributed by atoms with Gasteiger partial charge in [-0.3, -0.25) is 4.79 Å². The fourth-order valence-electron chi connectivity index (χ4n) is 1.14. The van der Waals surface area contributed by atoms with Crippen LogP contribution in [0.1, 0.15) is 25.6 Å². The first-order valence-electron chi connectivity index (χ1n) is 4.88. The van der Waals surface area contributed by atoms with Gasteiger partial charge in [-0.2, -0.15) is 15.0 Å². The molecule has 0 amide bonds. The summed E-state index contributed by atoms with van der Waals surface area (Å²) in [5.74, 6) is -0.425. The molecule has 0 bridgehead atoms. The van der Waals surface area contributed by atoms with E-state index in [1.807, 2.05) is 6.92 Å². The minimum atomic E-state index is -0.925. The standard InChI is InChI=1S/C9H14N4O3/c1-3-6(4-7(14)15)16-9-12-5(2)11-8(10)13-9/h6H,3-4H2,1-2H3,(H,14,15)(H2,10,11,12,13). The molecule has 0 spiro atoms. The second-order valence-electron chi connectivity index (χ2n) is 3.27. The third-order valence-corrected chi connectivity index (χ3v) is 1.87. The van der Waals surface area contributed by atoms with Gasteiger partial charge in [-0.15, -0.1) is 0 Å². The zero-order valence-corrected chi connectivity index (χ0v) is 9.17. The van der Waals surface area contributed by atoms with Crippen LogP contribution in [0.25, 0.3) is 0 Å². The average molecular weight is 226 g/mol. The summed E-state index contributed by atoms with van der Waals surface area (Å²) in [6.45, 7) is 3.48. The van der Waals surface area contributed by atoms with Crippen molar-refractivity contribution < 1.29 is 14.6 Å². The van der Waals surface area contributed by atoms with E-state index in [2.05, 4.69) is 15.0 Å². The summed E-state index contributed by atoms with van der Waals surface area (Å²) in [6, 6.07) is 0.0677.